The Hall–Kier alpha value is -3.85. The molecular weight excluding hydrogens is 414 g/mol. The second-order valence-corrected chi connectivity index (χ2v) is 8.34. The van der Waals surface area contributed by atoms with Crippen molar-refractivity contribution in [3.8, 4) is 22.0 Å². The lowest BCUT2D eigenvalue weighted by Gasteiger charge is -2.10. The van der Waals surface area contributed by atoms with Crippen molar-refractivity contribution < 1.29 is 13.8 Å². The molecule has 1 amide bonds. The lowest BCUT2D eigenvalue weighted by atomic mass is 10.1. The van der Waals surface area contributed by atoms with Gasteiger partial charge >= 0.3 is 0 Å². The number of anilines is 1. The van der Waals surface area contributed by atoms with Crippen molar-refractivity contribution in [1.82, 2.24) is 20.3 Å². The van der Waals surface area contributed by atoms with E-state index in [9.17, 15) is 4.79 Å². The molecule has 0 atom stereocenters. The van der Waals surface area contributed by atoms with Crippen LogP contribution in [-0.2, 0) is 0 Å². The van der Waals surface area contributed by atoms with E-state index in [0.717, 1.165) is 9.75 Å². The number of nitrogens with one attached hydrogen (secondary N) is 1. The molecule has 0 saturated heterocycles. The van der Waals surface area contributed by atoms with Gasteiger partial charge in [-0.15, -0.1) is 11.3 Å². The highest BCUT2D eigenvalue weighted by Crippen LogP contribution is 2.32. The Morgan fingerprint density at radius 3 is 2.58 bits per heavy atom. The maximum atomic E-state index is 13.4. The summed E-state index contributed by atoms with van der Waals surface area (Å²) in [6.07, 6.45) is 0. The number of pyridine rings is 1. The number of carbonyl (C=O) groups excluding carboxylic acids is 1. The Morgan fingerprint density at radius 2 is 1.84 bits per heavy atom. The second kappa shape index (κ2) is 7.44. The molecule has 9 heteroatoms. The van der Waals surface area contributed by atoms with Crippen molar-refractivity contribution in [2.45, 2.75) is 20.8 Å². The molecule has 0 bridgehead atoms. The van der Waals surface area contributed by atoms with Crippen LogP contribution >= 0.6 is 11.3 Å². The standard InChI is InChI=1S/C22H17N5O3S/c1-11-8-9-18(31-11)17-10-15(19-12(2)26-30-22(19)25-17)21(28)24-16-7-5-4-6-14(16)20-23-13(3)29-27-20/h4-10H,1-3H3,(H,24,28). The molecule has 5 aromatic rings. The van der Waals surface area contributed by atoms with Gasteiger partial charge in [0.1, 0.15) is 0 Å². The quantitative estimate of drug-likeness (QED) is 0.418. The second-order valence-electron chi connectivity index (χ2n) is 7.05. The summed E-state index contributed by atoms with van der Waals surface area (Å²) in [7, 11) is 0. The zero-order valence-corrected chi connectivity index (χ0v) is 17.8. The smallest absolute Gasteiger partial charge is 0.259 e. The number of benzene rings is 1. The van der Waals surface area contributed by atoms with Crippen molar-refractivity contribution >= 4 is 34.0 Å². The van der Waals surface area contributed by atoms with Crippen LogP contribution in [0.5, 0.6) is 0 Å². The molecule has 0 saturated carbocycles. The largest absolute Gasteiger partial charge is 0.339 e. The number of nitrogens with zero attached hydrogens (tertiary/aromatic N) is 4. The molecule has 4 aromatic heterocycles. The normalized spacial score (nSPS) is 11.2. The van der Waals surface area contributed by atoms with Gasteiger partial charge in [-0.25, -0.2) is 4.98 Å². The van der Waals surface area contributed by atoms with Gasteiger partial charge < -0.3 is 14.4 Å². The zero-order chi connectivity index (χ0) is 21.5. The van der Waals surface area contributed by atoms with Gasteiger partial charge in [-0.3, -0.25) is 4.79 Å². The van der Waals surface area contributed by atoms with Crippen molar-refractivity contribution in [2.75, 3.05) is 5.32 Å². The number of carbonyl (C=O) groups is 1. The van der Waals surface area contributed by atoms with Crippen LogP contribution in [0.25, 0.3) is 33.1 Å². The monoisotopic (exact) mass is 431 g/mol. The molecule has 0 aliphatic rings. The van der Waals surface area contributed by atoms with E-state index < -0.39 is 0 Å². The average Bonchev–Trinajstić information content (AvgIpc) is 3.48. The predicted octanol–water partition coefficient (Wildman–Crippen LogP) is 5.18. The van der Waals surface area contributed by atoms with E-state index in [0.29, 0.717) is 51.0 Å². The van der Waals surface area contributed by atoms with E-state index in [1.165, 1.54) is 0 Å². The molecule has 8 nitrogen and oxygen atoms in total. The van der Waals surface area contributed by atoms with Gasteiger partial charge in [-0.05, 0) is 44.2 Å². The molecule has 0 spiro atoms. The Bertz CT molecular complexity index is 1430. The number of aryl methyl sites for hydroxylation is 3. The van der Waals surface area contributed by atoms with Gasteiger partial charge in [-0.2, -0.15) is 4.98 Å². The molecule has 0 fully saturated rings. The number of aromatic nitrogens is 4. The molecule has 0 unspecified atom stereocenters. The van der Waals surface area contributed by atoms with Crippen molar-refractivity contribution in [2.24, 2.45) is 0 Å². The Morgan fingerprint density at radius 1 is 1.00 bits per heavy atom. The lowest BCUT2D eigenvalue weighted by Crippen LogP contribution is -2.14. The average molecular weight is 431 g/mol. The zero-order valence-electron chi connectivity index (χ0n) is 17.0. The molecule has 0 aliphatic heterocycles. The molecule has 4 heterocycles. The number of rotatable bonds is 4. The van der Waals surface area contributed by atoms with Crippen molar-refractivity contribution in [3.05, 3.63) is 64.5 Å². The Kier molecular flexibility index (Phi) is 4.59. The first kappa shape index (κ1) is 19.1. The van der Waals surface area contributed by atoms with Gasteiger partial charge in [0.2, 0.25) is 11.7 Å². The minimum absolute atomic E-state index is 0.305. The Labute approximate surface area is 180 Å². The van der Waals surface area contributed by atoms with Crippen LogP contribution in [0.15, 0.2) is 51.5 Å². The summed E-state index contributed by atoms with van der Waals surface area (Å²) >= 11 is 1.60. The Balaban J connectivity index is 1.59. The topological polar surface area (TPSA) is 107 Å². The summed E-state index contributed by atoms with van der Waals surface area (Å²) in [6, 6.07) is 13.1. The predicted molar refractivity (Wildman–Crippen MR) is 117 cm³/mol. The summed E-state index contributed by atoms with van der Waals surface area (Å²) in [6.45, 7) is 5.53. The van der Waals surface area contributed by atoms with Crippen LogP contribution in [0.3, 0.4) is 0 Å². The number of thiophene rings is 1. The third-order valence-electron chi connectivity index (χ3n) is 4.80. The van der Waals surface area contributed by atoms with E-state index in [2.05, 4.69) is 25.6 Å². The minimum atomic E-state index is -0.305. The number of hydrogen-bond acceptors (Lipinski definition) is 8. The third-order valence-corrected chi connectivity index (χ3v) is 5.82. The number of amides is 1. The van der Waals surface area contributed by atoms with Crippen LogP contribution in [0, 0.1) is 20.8 Å². The summed E-state index contributed by atoms with van der Waals surface area (Å²) < 4.78 is 10.5. The van der Waals surface area contributed by atoms with Crippen molar-refractivity contribution in [1.29, 1.82) is 0 Å². The molecule has 0 aliphatic carbocycles. The van der Waals surface area contributed by atoms with E-state index in [4.69, 9.17) is 9.05 Å². The van der Waals surface area contributed by atoms with Crippen molar-refractivity contribution in [3.63, 3.8) is 0 Å². The molecule has 154 valence electrons. The fraction of sp³-hybridized carbons (Fsp3) is 0.136. The van der Waals surface area contributed by atoms with Gasteiger partial charge in [0.05, 0.1) is 32.9 Å². The van der Waals surface area contributed by atoms with Crippen LogP contribution in [0.4, 0.5) is 5.69 Å². The van der Waals surface area contributed by atoms with E-state index in [-0.39, 0.29) is 5.91 Å². The molecule has 1 aromatic carbocycles. The van der Waals surface area contributed by atoms with E-state index in [1.54, 1.807) is 37.3 Å². The number of fused-ring (bicyclic) bond motifs is 1. The lowest BCUT2D eigenvalue weighted by molar-refractivity contribution is 0.102. The highest BCUT2D eigenvalue weighted by Gasteiger charge is 2.21. The van der Waals surface area contributed by atoms with E-state index >= 15 is 0 Å². The SMILES string of the molecule is Cc1nc(-c2ccccc2NC(=O)c2cc(-c3ccc(C)s3)nc3onc(C)c23)no1. The fourth-order valence-electron chi connectivity index (χ4n) is 3.36. The van der Waals surface area contributed by atoms with Gasteiger partial charge in [0.15, 0.2) is 0 Å². The molecule has 31 heavy (non-hydrogen) atoms. The summed E-state index contributed by atoms with van der Waals surface area (Å²) in [5.74, 6) is 0.549. The highest BCUT2D eigenvalue weighted by molar-refractivity contribution is 7.15. The first-order chi connectivity index (χ1) is 15.0. The molecular formula is C22H17N5O3S. The maximum absolute atomic E-state index is 13.4. The number of hydrogen-bond donors (Lipinski definition) is 1. The highest BCUT2D eigenvalue weighted by atomic mass is 32.1. The first-order valence-electron chi connectivity index (χ1n) is 9.54. The third kappa shape index (κ3) is 3.49. The van der Waals surface area contributed by atoms with Gasteiger partial charge in [0, 0.05) is 17.4 Å². The van der Waals surface area contributed by atoms with Crippen LogP contribution in [-0.4, -0.2) is 26.2 Å². The minimum Gasteiger partial charge on any atom is -0.339 e. The summed E-state index contributed by atoms with van der Waals surface area (Å²) in [4.78, 5) is 24.3. The number of para-hydroxylation sites is 1. The summed E-state index contributed by atoms with van der Waals surface area (Å²) in [5.41, 5.74) is 3.25. The van der Waals surface area contributed by atoms with Crippen LogP contribution in [0.2, 0.25) is 0 Å². The first-order valence-corrected chi connectivity index (χ1v) is 10.4. The summed E-state index contributed by atoms with van der Waals surface area (Å²) in [5, 5.41) is 11.5. The fourth-order valence-corrected chi connectivity index (χ4v) is 4.19. The molecule has 5 rings (SSSR count). The molecule has 1 N–H and O–H groups in total. The maximum Gasteiger partial charge on any atom is 0.259 e. The molecule has 0 radical (unpaired) electrons. The van der Waals surface area contributed by atoms with Crippen LogP contribution in [0.1, 0.15) is 26.8 Å². The van der Waals surface area contributed by atoms with Crippen LogP contribution < -0.4 is 5.32 Å². The van der Waals surface area contributed by atoms with E-state index in [1.807, 2.05) is 37.3 Å². The van der Waals surface area contributed by atoms with Gasteiger partial charge in [-0.1, -0.05) is 22.4 Å². The van der Waals surface area contributed by atoms with Gasteiger partial charge in [0.25, 0.3) is 11.6 Å².